The van der Waals surface area contributed by atoms with Crippen LogP contribution in [0.3, 0.4) is 0 Å². The number of carbonyl (C=O) groups is 1. The van der Waals surface area contributed by atoms with Crippen LogP contribution in [0.1, 0.15) is 31.3 Å². The van der Waals surface area contributed by atoms with Crippen LogP contribution in [0.2, 0.25) is 0 Å². The van der Waals surface area contributed by atoms with Crippen molar-refractivity contribution in [3.8, 4) is 11.3 Å². The predicted molar refractivity (Wildman–Crippen MR) is 148 cm³/mol. The molecule has 0 spiro atoms. The van der Waals surface area contributed by atoms with Gasteiger partial charge in [0, 0.05) is 43.2 Å². The summed E-state index contributed by atoms with van der Waals surface area (Å²) in [7, 11) is 0. The first-order chi connectivity index (χ1) is 17.4. The Kier molecular flexibility index (Phi) is 6.75. The molecule has 0 aliphatic carbocycles. The van der Waals surface area contributed by atoms with Crippen LogP contribution in [0.15, 0.2) is 66.0 Å². The Morgan fingerprint density at radius 2 is 1.75 bits per heavy atom. The molecule has 186 valence electrons. The number of thiazole rings is 1. The molecule has 1 saturated heterocycles. The third-order valence-corrected chi connectivity index (χ3v) is 6.75. The van der Waals surface area contributed by atoms with Crippen molar-refractivity contribution in [1.29, 1.82) is 0 Å². The number of rotatable bonds is 6. The molecular weight excluding hydrogens is 470 g/mol. The zero-order valence-corrected chi connectivity index (χ0v) is 21.6. The van der Waals surface area contributed by atoms with E-state index in [1.54, 1.807) is 5.38 Å². The van der Waals surface area contributed by atoms with Crippen molar-refractivity contribution in [2.24, 2.45) is 0 Å². The standard InChI is InChI=1S/C27H31N7OS/c1-27(2,3)34-24(17-21(32-34)19-9-5-4-6-10-19)31-26-30-22(18-36-26)25(35)29-20-11-7-8-12-23(20)33-15-13-28-14-16-33/h4-12,17-18,28H,13-16H2,1-3H3,(H,29,35)(H,30,31). The van der Waals surface area contributed by atoms with Gasteiger partial charge in [-0.25, -0.2) is 9.67 Å². The van der Waals surface area contributed by atoms with Crippen LogP contribution in [-0.2, 0) is 5.54 Å². The normalized spacial score (nSPS) is 14.0. The van der Waals surface area contributed by atoms with Gasteiger partial charge >= 0.3 is 0 Å². The maximum Gasteiger partial charge on any atom is 0.275 e. The predicted octanol–water partition coefficient (Wildman–Crippen LogP) is 5.17. The highest BCUT2D eigenvalue weighted by Gasteiger charge is 2.22. The average Bonchev–Trinajstić information content (AvgIpc) is 3.53. The SMILES string of the molecule is CC(C)(C)n1nc(-c2ccccc2)cc1Nc1nc(C(=O)Nc2ccccc2N2CCNCC2)cs1. The summed E-state index contributed by atoms with van der Waals surface area (Å²) in [5, 5.41) is 17.1. The van der Waals surface area contributed by atoms with Crippen LogP contribution >= 0.6 is 11.3 Å². The van der Waals surface area contributed by atoms with Crippen molar-refractivity contribution in [3.05, 3.63) is 71.7 Å². The number of aromatic nitrogens is 3. The molecular formula is C27H31N7OS. The number of nitrogens with zero attached hydrogens (tertiary/aromatic N) is 4. The lowest BCUT2D eigenvalue weighted by molar-refractivity contribution is 0.102. The Hall–Kier alpha value is -3.69. The van der Waals surface area contributed by atoms with Crippen molar-refractivity contribution in [2.45, 2.75) is 26.3 Å². The Morgan fingerprint density at radius 1 is 1.03 bits per heavy atom. The molecule has 1 fully saturated rings. The van der Waals surface area contributed by atoms with Gasteiger partial charge in [0.1, 0.15) is 11.5 Å². The van der Waals surface area contributed by atoms with E-state index in [2.05, 4.69) is 46.6 Å². The summed E-state index contributed by atoms with van der Waals surface area (Å²) in [4.78, 5) is 20.0. The number of amides is 1. The number of benzene rings is 2. The third kappa shape index (κ3) is 5.27. The number of hydrogen-bond donors (Lipinski definition) is 3. The first-order valence-electron chi connectivity index (χ1n) is 12.1. The molecule has 36 heavy (non-hydrogen) atoms. The lowest BCUT2D eigenvalue weighted by atomic mass is 10.1. The molecule has 0 bridgehead atoms. The Labute approximate surface area is 215 Å². The van der Waals surface area contributed by atoms with Gasteiger partial charge in [-0.05, 0) is 32.9 Å². The van der Waals surface area contributed by atoms with E-state index in [-0.39, 0.29) is 11.4 Å². The number of carbonyl (C=O) groups excluding carboxylic acids is 1. The summed E-state index contributed by atoms with van der Waals surface area (Å²) >= 11 is 1.40. The first kappa shape index (κ1) is 24.0. The van der Waals surface area contributed by atoms with Crippen molar-refractivity contribution in [3.63, 3.8) is 0 Å². The highest BCUT2D eigenvalue weighted by atomic mass is 32.1. The quantitative estimate of drug-likeness (QED) is 0.338. The van der Waals surface area contributed by atoms with Crippen LogP contribution in [0.25, 0.3) is 11.3 Å². The summed E-state index contributed by atoms with van der Waals surface area (Å²) < 4.78 is 1.96. The number of nitrogens with one attached hydrogen (secondary N) is 3. The van der Waals surface area contributed by atoms with Gasteiger partial charge in [0.05, 0.1) is 22.6 Å². The van der Waals surface area contributed by atoms with E-state index in [4.69, 9.17) is 5.10 Å². The lowest BCUT2D eigenvalue weighted by Crippen LogP contribution is -2.43. The summed E-state index contributed by atoms with van der Waals surface area (Å²) in [6, 6.07) is 20.0. The van der Waals surface area contributed by atoms with E-state index < -0.39 is 0 Å². The molecule has 0 unspecified atom stereocenters. The molecule has 5 rings (SSSR count). The van der Waals surface area contributed by atoms with E-state index in [1.807, 2.05) is 65.3 Å². The van der Waals surface area contributed by atoms with Crippen LogP contribution in [0, 0.1) is 0 Å². The number of anilines is 4. The van der Waals surface area contributed by atoms with E-state index in [1.165, 1.54) is 11.3 Å². The Morgan fingerprint density at radius 3 is 2.50 bits per heavy atom. The summed E-state index contributed by atoms with van der Waals surface area (Å²) in [5.74, 6) is 0.600. The second kappa shape index (κ2) is 10.1. The van der Waals surface area contributed by atoms with Crippen molar-refractivity contribution in [1.82, 2.24) is 20.1 Å². The van der Waals surface area contributed by atoms with E-state index in [0.29, 0.717) is 10.8 Å². The summed E-state index contributed by atoms with van der Waals surface area (Å²) in [6.07, 6.45) is 0. The molecule has 1 amide bonds. The third-order valence-electron chi connectivity index (χ3n) is 6.00. The second-order valence-electron chi connectivity index (χ2n) is 9.73. The van der Waals surface area contributed by atoms with E-state index in [9.17, 15) is 4.79 Å². The molecule has 0 saturated carbocycles. The molecule has 8 nitrogen and oxygen atoms in total. The molecule has 4 aromatic rings. The Bertz CT molecular complexity index is 1330. The molecule has 3 heterocycles. The van der Waals surface area contributed by atoms with Gasteiger partial charge in [-0.15, -0.1) is 11.3 Å². The highest BCUT2D eigenvalue weighted by Crippen LogP contribution is 2.31. The summed E-state index contributed by atoms with van der Waals surface area (Å²) in [5.41, 5.74) is 3.90. The average molecular weight is 502 g/mol. The zero-order chi connectivity index (χ0) is 25.1. The zero-order valence-electron chi connectivity index (χ0n) is 20.8. The second-order valence-corrected chi connectivity index (χ2v) is 10.6. The molecule has 0 atom stereocenters. The van der Waals surface area contributed by atoms with Gasteiger partial charge < -0.3 is 20.9 Å². The maximum atomic E-state index is 13.1. The van der Waals surface area contributed by atoms with Crippen LogP contribution in [0.5, 0.6) is 0 Å². The van der Waals surface area contributed by atoms with Gasteiger partial charge in [0.15, 0.2) is 5.13 Å². The van der Waals surface area contributed by atoms with Crippen molar-refractivity contribution in [2.75, 3.05) is 41.7 Å². The van der Waals surface area contributed by atoms with Crippen LogP contribution in [0.4, 0.5) is 22.3 Å². The largest absolute Gasteiger partial charge is 0.367 e. The topological polar surface area (TPSA) is 87.1 Å². The minimum Gasteiger partial charge on any atom is -0.367 e. The number of para-hydroxylation sites is 2. The molecule has 1 aliphatic rings. The number of piperazine rings is 1. The maximum absolute atomic E-state index is 13.1. The van der Waals surface area contributed by atoms with Crippen molar-refractivity contribution >= 4 is 39.6 Å². The Balaban J connectivity index is 1.34. The first-order valence-corrected chi connectivity index (χ1v) is 13.0. The minimum absolute atomic E-state index is 0.226. The van der Waals surface area contributed by atoms with Crippen LogP contribution < -0.4 is 20.9 Å². The smallest absolute Gasteiger partial charge is 0.275 e. The number of hydrogen-bond acceptors (Lipinski definition) is 7. The molecule has 2 aromatic carbocycles. The fraction of sp³-hybridized carbons (Fsp3) is 0.296. The fourth-order valence-corrected chi connectivity index (χ4v) is 4.92. The monoisotopic (exact) mass is 501 g/mol. The molecule has 0 radical (unpaired) electrons. The van der Waals surface area contributed by atoms with Gasteiger partial charge in [0.2, 0.25) is 0 Å². The van der Waals surface area contributed by atoms with Gasteiger partial charge in [-0.1, -0.05) is 42.5 Å². The van der Waals surface area contributed by atoms with Gasteiger partial charge in [-0.3, -0.25) is 4.79 Å². The molecule has 1 aliphatic heterocycles. The lowest BCUT2D eigenvalue weighted by Gasteiger charge is -2.31. The van der Waals surface area contributed by atoms with E-state index >= 15 is 0 Å². The highest BCUT2D eigenvalue weighted by molar-refractivity contribution is 7.14. The molecule has 2 aromatic heterocycles. The van der Waals surface area contributed by atoms with Crippen molar-refractivity contribution < 1.29 is 4.79 Å². The van der Waals surface area contributed by atoms with Gasteiger partial charge in [0.25, 0.3) is 5.91 Å². The van der Waals surface area contributed by atoms with Gasteiger partial charge in [-0.2, -0.15) is 5.10 Å². The fourth-order valence-electron chi connectivity index (χ4n) is 4.22. The molecule has 3 N–H and O–H groups in total. The minimum atomic E-state index is -0.236. The summed E-state index contributed by atoms with van der Waals surface area (Å²) in [6.45, 7) is 10.00. The molecule has 9 heteroatoms. The van der Waals surface area contributed by atoms with Crippen LogP contribution in [-0.4, -0.2) is 46.9 Å². The van der Waals surface area contributed by atoms with E-state index in [0.717, 1.165) is 54.6 Å².